The molecule has 2 aliphatic rings. The van der Waals surface area contributed by atoms with Gasteiger partial charge < -0.3 is 26.2 Å². The number of likely N-dealkylation sites (tertiary alicyclic amines) is 1. The lowest BCUT2D eigenvalue weighted by Crippen LogP contribution is -2.52. The largest absolute Gasteiger partial charge is 0.368 e. The number of halogens is 2. The topological polar surface area (TPSA) is 177 Å². The molecule has 0 bridgehead atoms. The molecule has 0 spiro atoms. The standard InChI is InChI=1S/C25H32F2N10O3/c1-2-3-16(38)4-5-18(39)35-8-6-15(7-9-35)22(40)36-10-12-37(13-11-36)25-33-21(32-24(29)34-25)17-14-30-23(28)31-19(17)20(26)27/h2-3,14-15,20H,4-13H2,1H3,(H2,28,30,31)(H2,29,32,33,34)/b3-2+. The molecule has 40 heavy (non-hydrogen) atoms. The van der Waals surface area contributed by atoms with Crippen LogP contribution in [0.15, 0.2) is 18.3 Å². The fourth-order valence-electron chi connectivity index (χ4n) is 4.81. The van der Waals surface area contributed by atoms with E-state index >= 15 is 0 Å². The number of nitrogens with zero attached hydrogens (tertiary/aromatic N) is 8. The summed E-state index contributed by atoms with van der Waals surface area (Å²) in [5.41, 5.74) is 10.6. The van der Waals surface area contributed by atoms with Gasteiger partial charge in [0.15, 0.2) is 11.6 Å². The molecule has 0 aromatic carbocycles. The molecule has 214 valence electrons. The number of piperazine rings is 1. The first-order chi connectivity index (χ1) is 19.2. The Bertz CT molecular complexity index is 1280. The SMILES string of the molecule is C/C=C/C(=O)CCC(=O)N1CCC(C(=O)N2CCN(c3nc(N)nc(-c4cnc(N)nc4C(F)F)n3)CC2)CC1. The average Bonchev–Trinajstić information content (AvgIpc) is 2.95. The van der Waals surface area contributed by atoms with E-state index in [-0.39, 0.29) is 65.6 Å². The van der Waals surface area contributed by atoms with Crippen LogP contribution in [0.4, 0.5) is 26.6 Å². The maximum Gasteiger partial charge on any atom is 0.281 e. The van der Waals surface area contributed by atoms with Crippen molar-refractivity contribution in [3.05, 3.63) is 24.0 Å². The molecule has 13 nitrogen and oxygen atoms in total. The van der Waals surface area contributed by atoms with Gasteiger partial charge in [-0.2, -0.15) is 15.0 Å². The summed E-state index contributed by atoms with van der Waals surface area (Å²) < 4.78 is 27.1. The summed E-state index contributed by atoms with van der Waals surface area (Å²) in [6.07, 6.45) is 2.81. The van der Waals surface area contributed by atoms with Crippen LogP contribution in [0.3, 0.4) is 0 Å². The van der Waals surface area contributed by atoms with Crippen LogP contribution >= 0.6 is 0 Å². The van der Waals surface area contributed by atoms with Gasteiger partial charge in [0, 0.05) is 64.2 Å². The Morgan fingerprint density at radius 2 is 1.65 bits per heavy atom. The summed E-state index contributed by atoms with van der Waals surface area (Å²) in [6.45, 7) is 4.37. The van der Waals surface area contributed by atoms with Crippen molar-refractivity contribution in [1.82, 2.24) is 34.7 Å². The zero-order valence-electron chi connectivity index (χ0n) is 22.2. The summed E-state index contributed by atoms with van der Waals surface area (Å²) in [6, 6.07) is 0. The molecule has 0 aliphatic carbocycles. The summed E-state index contributed by atoms with van der Waals surface area (Å²) in [4.78, 5) is 62.4. The maximum atomic E-state index is 13.5. The van der Waals surface area contributed by atoms with Gasteiger partial charge in [0.1, 0.15) is 5.69 Å². The third-order valence-corrected chi connectivity index (χ3v) is 6.93. The second-order valence-electron chi connectivity index (χ2n) is 9.58. The third-order valence-electron chi connectivity index (χ3n) is 6.93. The molecule has 0 unspecified atom stereocenters. The van der Waals surface area contributed by atoms with Gasteiger partial charge in [0.2, 0.25) is 29.7 Å². The van der Waals surface area contributed by atoms with Crippen LogP contribution < -0.4 is 16.4 Å². The lowest BCUT2D eigenvalue weighted by Gasteiger charge is -2.38. The molecule has 0 radical (unpaired) electrons. The van der Waals surface area contributed by atoms with E-state index in [0.29, 0.717) is 52.1 Å². The smallest absolute Gasteiger partial charge is 0.281 e. The molecule has 2 aromatic rings. The number of allylic oxidation sites excluding steroid dienone is 2. The molecular formula is C25H32F2N10O3. The fourth-order valence-corrected chi connectivity index (χ4v) is 4.81. The molecule has 2 saturated heterocycles. The molecule has 4 rings (SSSR count). The highest BCUT2D eigenvalue weighted by molar-refractivity contribution is 5.92. The van der Waals surface area contributed by atoms with E-state index in [4.69, 9.17) is 11.5 Å². The van der Waals surface area contributed by atoms with E-state index in [1.54, 1.807) is 22.8 Å². The van der Waals surface area contributed by atoms with Gasteiger partial charge in [-0.3, -0.25) is 14.4 Å². The Kier molecular flexibility index (Phi) is 9.11. The van der Waals surface area contributed by atoms with Crippen molar-refractivity contribution in [2.24, 2.45) is 5.92 Å². The van der Waals surface area contributed by atoms with Crippen molar-refractivity contribution in [2.75, 3.05) is 55.6 Å². The maximum absolute atomic E-state index is 13.5. The molecule has 15 heteroatoms. The number of hydrogen-bond donors (Lipinski definition) is 2. The lowest BCUT2D eigenvalue weighted by atomic mass is 9.94. The first-order valence-corrected chi connectivity index (χ1v) is 13.1. The molecule has 4 heterocycles. The van der Waals surface area contributed by atoms with Crippen molar-refractivity contribution in [3.63, 3.8) is 0 Å². The van der Waals surface area contributed by atoms with Gasteiger partial charge in [0.25, 0.3) is 6.43 Å². The molecular weight excluding hydrogens is 526 g/mol. The minimum atomic E-state index is -2.92. The van der Waals surface area contributed by atoms with Gasteiger partial charge in [-0.05, 0) is 25.8 Å². The van der Waals surface area contributed by atoms with E-state index < -0.39 is 12.1 Å². The number of carbonyl (C=O) groups excluding carboxylic acids is 3. The number of ketones is 1. The van der Waals surface area contributed by atoms with Gasteiger partial charge in [-0.1, -0.05) is 6.08 Å². The van der Waals surface area contributed by atoms with E-state index in [0.717, 1.165) is 6.20 Å². The van der Waals surface area contributed by atoms with Crippen LogP contribution in [-0.4, -0.2) is 91.6 Å². The Morgan fingerprint density at radius 3 is 2.30 bits per heavy atom. The second-order valence-corrected chi connectivity index (χ2v) is 9.58. The highest BCUT2D eigenvalue weighted by atomic mass is 19.3. The van der Waals surface area contributed by atoms with Gasteiger partial charge >= 0.3 is 0 Å². The van der Waals surface area contributed by atoms with Gasteiger partial charge in [-0.25, -0.2) is 18.7 Å². The molecule has 4 N–H and O–H groups in total. The number of rotatable bonds is 8. The van der Waals surface area contributed by atoms with Gasteiger partial charge in [0.05, 0.1) is 5.56 Å². The Balaban J connectivity index is 1.32. The minimum absolute atomic E-state index is 0.0338. The molecule has 0 atom stereocenters. The lowest BCUT2D eigenvalue weighted by molar-refractivity contribution is -0.141. The highest BCUT2D eigenvalue weighted by Crippen LogP contribution is 2.29. The first-order valence-electron chi connectivity index (χ1n) is 13.1. The monoisotopic (exact) mass is 558 g/mol. The van der Waals surface area contributed by atoms with Crippen LogP contribution in [0.2, 0.25) is 0 Å². The van der Waals surface area contributed by atoms with Crippen molar-refractivity contribution in [1.29, 1.82) is 0 Å². The van der Waals surface area contributed by atoms with Crippen molar-refractivity contribution in [2.45, 2.75) is 39.0 Å². The number of amides is 2. The zero-order chi connectivity index (χ0) is 28.8. The predicted octanol–water partition coefficient (Wildman–Crippen LogP) is 1.24. The quantitative estimate of drug-likeness (QED) is 0.446. The summed E-state index contributed by atoms with van der Waals surface area (Å²) in [5, 5.41) is 0. The van der Waals surface area contributed by atoms with Crippen molar-refractivity contribution in [3.8, 4) is 11.4 Å². The summed E-state index contributed by atoms with van der Waals surface area (Å²) in [5.74, 6) is -0.633. The molecule has 2 aliphatic heterocycles. The Labute approximate surface area is 229 Å². The van der Waals surface area contributed by atoms with Gasteiger partial charge in [-0.15, -0.1) is 0 Å². The van der Waals surface area contributed by atoms with E-state index in [1.807, 2.05) is 4.90 Å². The van der Waals surface area contributed by atoms with Crippen molar-refractivity contribution < 1.29 is 23.2 Å². The molecule has 2 fully saturated rings. The number of alkyl halides is 2. The molecule has 2 amide bonds. The fraction of sp³-hybridized carbons (Fsp3) is 0.520. The van der Waals surface area contributed by atoms with Crippen LogP contribution in [0, 0.1) is 5.92 Å². The second kappa shape index (κ2) is 12.7. The number of piperidine rings is 1. The number of nitrogen functional groups attached to an aromatic ring is 2. The number of anilines is 3. The summed E-state index contributed by atoms with van der Waals surface area (Å²) in [7, 11) is 0. The molecule has 2 aromatic heterocycles. The number of nitrogens with two attached hydrogens (primary N) is 2. The van der Waals surface area contributed by atoms with Crippen LogP contribution in [0.5, 0.6) is 0 Å². The number of aromatic nitrogens is 5. The first kappa shape index (κ1) is 28.7. The Hall–Kier alpha value is -4.30. The van der Waals surface area contributed by atoms with E-state index in [2.05, 4.69) is 24.9 Å². The van der Waals surface area contributed by atoms with Crippen LogP contribution in [0.25, 0.3) is 11.4 Å². The molecule has 0 saturated carbocycles. The number of carbonyl (C=O) groups is 3. The van der Waals surface area contributed by atoms with Crippen molar-refractivity contribution >= 4 is 35.4 Å². The highest BCUT2D eigenvalue weighted by Gasteiger charge is 2.32. The Morgan fingerprint density at radius 1 is 0.950 bits per heavy atom. The number of hydrogen-bond acceptors (Lipinski definition) is 11. The van der Waals surface area contributed by atoms with Crippen LogP contribution in [-0.2, 0) is 14.4 Å². The summed E-state index contributed by atoms with van der Waals surface area (Å²) >= 11 is 0. The van der Waals surface area contributed by atoms with E-state index in [9.17, 15) is 23.2 Å². The van der Waals surface area contributed by atoms with E-state index in [1.165, 1.54) is 6.08 Å². The minimum Gasteiger partial charge on any atom is -0.368 e. The normalized spacial score (nSPS) is 16.6. The van der Waals surface area contributed by atoms with Crippen LogP contribution in [0.1, 0.15) is 44.7 Å². The predicted molar refractivity (Wildman–Crippen MR) is 142 cm³/mol. The third kappa shape index (κ3) is 6.82. The average molecular weight is 559 g/mol. The zero-order valence-corrected chi connectivity index (χ0v) is 22.2.